The van der Waals surface area contributed by atoms with Crippen LogP contribution < -0.4 is 5.73 Å². The van der Waals surface area contributed by atoms with Crippen molar-refractivity contribution in [1.29, 1.82) is 0 Å². The zero-order valence-electron chi connectivity index (χ0n) is 24.2. The van der Waals surface area contributed by atoms with Gasteiger partial charge in [0.2, 0.25) is 0 Å². The molecule has 0 saturated heterocycles. The number of anilines is 1. The van der Waals surface area contributed by atoms with E-state index in [1.54, 1.807) is 6.08 Å². The standard InChI is InChI=1S/C9H13N.C9H8.3C4H10.C3H6/c1-2-5-8-6-3-4-7-9(8)10;1-3-9-7-5-4-6-8(9)2;3*1-3-4-2;1-3-2/h3-4,6-7H,2,5,10H2,1H3;1,4-7H,2H3;3*3-4H2,1-2H3;3H,1H2,2H3. The molecule has 1 nitrogen and oxygen atoms in total. The Bertz CT molecular complexity index is 663. The first-order chi connectivity index (χ1) is 16.3. The van der Waals surface area contributed by atoms with Crippen molar-refractivity contribution in [2.75, 3.05) is 5.73 Å². The Labute approximate surface area is 215 Å². The van der Waals surface area contributed by atoms with Gasteiger partial charge in [-0.2, -0.15) is 0 Å². The van der Waals surface area contributed by atoms with Gasteiger partial charge in [-0.1, -0.05) is 142 Å². The second-order valence-electron chi connectivity index (χ2n) is 7.82. The van der Waals surface area contributed by atoms with Gasteiger partial charge in [0, 0.05) is 11.3 Å². The maximum Gasteiger partial charge on any atom is 0.0346 e. The molecule has 0 bridgehead atoms. The van der Waals surface area contributed by atoms with Gasteiger partial charge >= 0.3 is 0 Å². The van der Waals surface area contributed by atoms with Crippen molar-refractivity contribution in [2.24, 2.45) is 0 Å². The Balaban J connectivity index is -0.000000171. The molecule has 2 aromatic carbocycles. The SMILES string of the molecule is C#Cc1ccccc1C.C=CC.CCCC.CCCC.CCCC.CCCc1ccccc1N. The van der Waals surface area contributed by atoms with Crippen LogP contribution in [-0.2, 0) is 6.42 Å². The predicted molar refractivity (Wildman–Crippen MR) is 162 cm³/mol. The van der Waals surface area contributed by atoms with E-state index in [1.165, 1.54) is 49.7 Å². The number of nitrogen functional groups attached to an aromatic ring is 1. The van der Waals surface area contributed by atoms with Crippen molar-refractivity contribution < 1.29 is 0 Å². The molecule has 2 N–H and O–H groups in total. The Morgan fingerprint density at radius 2 is 1.12 bits per heavy atom. The Morgan fingerprint density at radius 1 is 0.735 bits per heavy atom. The Morgan fingerprint density at radius 3 is 1.41 bits per heavy atom. The maximum atomic E-state index is 5.71. The van der Waals surface area contributed by atoms with Crippen molar-refractivity contribution in [3.05, 3.63) is 77.9 Å². The van der Waals surface area contributed by atoms with Gasteiger partial charge in [0.05, 0.1) is 0 Å². The summed E-state index contributed by atoms with van der Waals surface area (Å²) in [5.41, 5.74) is 10.0. The number of benzene rings is 2. The Kier molecular flexibility index (Phi) is 40.1. The van der Waals surface area contributed by atoms with Crippen molar-refractivity contribution in [3.8, 4) is 12.3 Å². The van der Waals surface area contributed by atoms with Crippen LogP contribution in [0.3, 0.4) is 0 Å². The van der Waals surface area contributed by atoms with Gasteiger partial charge in [-0.25, -0.2) is 0 Å². The summed E-state index contributed by atoms with van der Waals surface area (Å²) < 4.78 is 0. The molecular weight excluding hydrogens is 410 g/mol. The third kappa shape index (κ3) is 31.7. The number of hydrogen-bond acceptors (Lipinski definition) is 1. The topological polar surface area (TPSA) is 26.0 Å². The van der Waals surface area contributed by atoms with E-state index in [0.29, 0.717) is 0 Å². The molecule has 0 aliphatic carbocycles. The van der Waals surface area contributed by atoms with Crippen LogP contribution in [0.4, 0.5) is 5.69 Å². The molecule has 0 atom stereocenters. The van der Waals surface area contributed by atoms with Gasteiger partial charge in [-0.05, 0) is 43.5 Å². The highest BCUT2D eigenvalue weighted by Crippen LogP contribution is 2.11. The van der Waals surface area contributed by atoms with Crippen LogP contribution >= 0.6 is 0 Å². The molecule has 0 aliphatic rings. The van der Waals surface area contributed by atoms with Gasteiger partial charge in [-0.3, -0.25) is 0 Å². The summed E-state index contributed by atoms with van der Waals surface area (Å²) >= 11 is 0. The number of terminal acetylenes is 1. The van der Waals surface area contributed by atoms with Crippen LogP contribution in [-0.4, -0.2) is 0 Å². The van der Waals surface area contributed by atoms with Crippen molar-refractivity contribution in [3.63, 3.8) is 0 Å². The third-order valence-electron chi connectivity index (χ3n) is 4.38. The molecule has 0 saturated carbocycles. The fourth-order valence-corrected chi connectivity index (χ4v) is 1.77. The van der Waals surface area contributed by atoms with E-state index in [1.807, 2.05) is 56.3 Å². The van der Waals surface area contributed by atoms with Crippen molar-refractivity contribution in [2.45, 2.75) is 114 Å². The van der Waals surface area contributed by atoms with Crippen LogP contribution in [0.15, 0.2) is 61.2 Å². The number of rotatable bonds is 5. The largest absolute Gasteiger partial charge is 0.399 e. The van der Waals surface area contributed by atoms with Gasteiger partial charge in [0.25, 0.3) is 0 Å². The molecular formula is C33H57N. The highest BCUT2D eigenvalue weighted by Gasteiger charge is 1.93. The fraction of sp³-hybridized carbons (Fsp3) is 0.515. The number of allylic oxidation sites excluding steroid dienone is 1. The summed E-state index contributed by atoms with van der Waals surface area (Å²) in [6, 6.07) is 15.9. The van der Waals surface area contributed by atoms with Crippen LogP contribution in [0.1, 0.15) is 117 Å². The fourth-order valence-electron chi connectivity index (χ4n) is 1.77. The minimum Gasteiger partial charge on any atom is -0.399 e. The average Bonchev–Trinajstić information content (AvgIpc) is 2.87. The smallest absolute Gasteiger partial charge is 0.0346 e. The number of unbranched alkanes of at least 4 members (excludes halogenated alkanes) is 3. The molecule has 0 aromatic heterocycles. The molecule has 0 fully saturated rings. The first-order valence-electron chi connectivity index (χ1n) is 13.3. The van der Waals surface area contributed by atoms with Gasteiger partial charge < -0.3 is 5.73 Å². The third-order valence-corrected chi connectivity index (χ3v) is 4.38. The summed E-state index contributed by atoms with van der Waals surface area (Å²) in [5.74, 6) is 2.60. The van der Waals surface area contributed by atoms with E-state index >= 15 is 0 Å². The van der Waals surface area contributed by atoms with Crippen LogP contribution in [0.5, 0.6) is 0 Å². The molecule has 0 aliphatic heterocycles. The van der Waals surface area contributed by atoms with E-state index in [-0.39, 0.29) is 0 Å². The first kappa shape index (κ1) is 38.8. The summed E-state index contributed by atoms with van der Waals surface area (Å²) in [6.45, 7) is 22.5. The lowest BCUT2D eigenvalue weighted by molar-refractivity contribution is 0.886. The molecule has 1 heteroatoms. The minimum atomic E-state index is 0.921. The van der Waals surface area contributed by atoms with Crippen LogP contribution in [0.2, 0.25) is 0 Å². The monoisotopic (exact) mass is 467 g/mol. The molecule has 2 aromatic rings. The summed E-state index contributed by atoms with van der Waals surface area (Å²) in [7, 11) is 0. The van der Waals surface area contributed by atoms with Crippen molar-refractivity contribution in [1.82, 2.24) is 0 Å². The molecule has 0 radical (unpaired) electrons. The van der Waals surface area contributed by atoms with Gasteiger partial charge in [0.15, 0.2) is 0 Å². The number of aryl methyl sites for hydroxylation is 2. The lowest BCUT2D eigenvalue weighted by Crippen LogP contribution is -1.92. The molecule has 34 heavy (non-hydrogen) atoms. The summed E-state index contributed by atoms with van der Waals surface area (Å²) in [6.07, 6.45) is 17.1. The molecule has 2 rings (SSSR count). The molecule has 0 spiro atoms. The molecule has 0 unspecified atom stereocenters. The Hall–Kier alpha value is -2.46. The average molecular weight is 468 g/mol. The second kappa shape index (κ2) is 35.1. The summed E-state index contributed by atoms with van der Waals surface area (Å²) in [5, 5.41) is 0. The second-order valence-corrected chi connectivity index (χ2v) is 7.82. The highest BCUT2D eigenvalue weighted by molar-refractivity contribution is 5.46. The molecule has 194 valence electrons. The number of hydrogen-bond donors (Lipinski definition) is 1. The lowest BCUT2D eigenvalue weighted by Gasteiger charge is -2.01. The number of para-hydroxylation sites is 1. The van der Waals surface area contributed by atoms with Crippen molar-refractivity contribution >= 4 is 5.69 Å². The predicted octanol–water partition coefficient (Wildman–Crippen LogP) is 10.8. The quantitative estimate of drug-likeness (QED) is 0.264. The van der Waals surface area contributed by atoms with Gasteiger partial charge in [-0.15, -0.1) is 13.0 Å². The normalized spacial score (nSPS) is 8.12. The van der Waals surface area contributed by atoms with Crippen LogP contribution in [0, 0.1) is 19.3 Å². The zero-order valence-corrected chi connectivity index (χ0v) is 24.2. The van der Waals surface area contributed by atoms with Gasteiger partial charge in [0.1, 0.15) is 0 Å². The minimum absolute atomic E-state index is 0.921. The van der Waals surface area contributed by atoms with Crippen LogP contribution in [0.25, 0.3) is 0 Å². The van der Waals surface area contributed by atoms with E-state index in [0.717, 1.165) is 24.1 Å². The van der Waals surface area contributed by atoms with E-state index in [4.69, 9.17) is 12.2 Å². The first-order valence-corrected chi connectivity index (χ1v) is 13.3. The van der Waals surface area contributed by atoms with E-state index in [9.17, 15) is 0 Å². The molecule has 0 amide bonds. The maximum absolute atomic E-state index is 5.71. The highest BCUT2D eigenvalue weighted by atomic mass is 14.6. The number of nitrogens with two attached hydrogens (primary N) is 1. The summed E-state index contributed by atoms with van der Waals surface area (Å²) in [4.78, 5) is 0. The molecule has 0 heterocycles. The van der Waals surface area contributed by atoms with E-state index < -0.39 is 0 Å². The lowest BCUT2D eigenvalue weighted by atomic mass is 10.1. The zero-order chi connectivity index (χ0) is 27.0. The van der Waals surface area contributed by atoms with E-state index in [2.05, 4.69) is 67.0 Å².